The average Bonchev–Trinajstić information content (AvgIpc) is 3.03. The summed E-state index contributed by atoms with van der Waals surface area (Å²) in [7, 11) is 1.64. The smallest absolute Gasteiger partial charge is 0.315 e. The fourth-order valence-electron chi connectivity index (χ4n) is 2.45. The fourth-order valence-corrected chi connectivity index (χ4v) is 3.51. The van der Waals surface area contributed by atoms with Crippen LogP contribution in [-0.2, 0) is 13.0 Å². The number of hydrogen-bond acceptors (Lipinski definition) is 3. The van der Waals surface area contributed by atoms with E-state index in [4.69, 9.17) is 4.74 Å². The van der Waals surface area contributed by atoms with Gasteiger partial charge in [0.2, 0.25) is 0 Å². The predicted octanol–water partition coefficient (Wildman–Crippen LogP) is 3.95. The van der Waals surface area contributed by atoms with Crippen LogP contribution in [0.15, 0.2) is 54.6 Å². The molecule has 2 N–H and O–H groups in total. The van der Waals surface area contributed by atoms with Crippen LogP contribution in [0.25, 0.3) is 10.1 Å². The Kier molecular flexibility index (Phi) is 5.33. The van der Waals surface area contributed by atoms with Crippen molar-refractivity contribution < 1.29 is 9.53 Å². The molecule has 0 saturated carbocycles. The molecule has 0 saturated heterocycles. The molecule has 1 heterocycles. The van der Waals surface area contributed by atoms with Crippen molar-refractivity contribution in [1.82, 2.24) is 10.6 Å². The van der Waals surface area contributed by atoms with Gasteiger partial charge in [-0.15, -0.1) is 11.3 Å². The van der Waals surface area contributed by atoms with Crippen molar-refractivity contribution in [1.29, 1.82) is 0 Å². The lowest BCUT2D eigenvalue weighted by Gasteiger charge is -2.07. The third-order valence-electron chi connectivity index (χ3n) is 3.75. The van der Waals surface area contributed by atoms with Crippen LogP contribution >= 0.6 is 11.3 Å². The van der Waals surface area contributed by atoms with E-state index >= 15 is 0 Å². The molecule has 4 nitrogen and oxygen atoms in total. The maximum atomic E-state index is 11.9. The molecule has 0 aliphatic carbocycles. The molecule has 124 valence electrons. The zero-order valence-electron chi connectivity index (χ0n) is 13.5. The minimum Gasteiger partial charge on any atom is -0.497 e. The summed E-state index contributed by atoms with van der Waals surface area (Å²) < 4.78 is 6.40. The first-order valence-corrected chi connectivity index (χ1v) is 8.68. The summed E-state index contributed by atoms with van der Waals surface area (Å²) in [5.41, 5.74) is 1.04. The topological polar surface area (TPSA) is 50.4 Å². The number of nitrogens with one attached hydrogen (secondary N) is 2. The minimum atomic E-state index is -0.146. The number of carbonyl (C=O) groups is 1. The third kappa shape index (κ3) is 4.26. The Morgan fingerprint density at radius 2 is 1.88 bits per heavy atom. The van der Waals surface area contributed by atoms with Gasteiger partial charge >= 0.3 is 6.03 Å². The number of carbonyl (C=O) groups excluding carboxylic acids is 1. The van der Waals surface area contributed by atoms with Crippen molar-refractivity contribution >= 4 is 27.5 Å². The van der Waals surface area contributed by atoms with Gasteiger partial charge < -0.3 is 15.4 Å². The van der Waals surface area contributed by atoms with E-state index in [0.717, 1.165) is 17.7 Å². The molecule has 0 aliphatic rings. The molecule has 0 fully saturated rings. The monoisotopic (exact) mass is 340 g/mol. The fraction of sp³-hybridized carbons (Fsp3) is 0.211. The molecule has 3 aromatic rings. The van der Waals surface area contributed by atoms with Gasteiger partial charge in [0, 0.05) is 22.7 Å². The van der Waals surface area contributed by atoms with Crippen molar-refractivity contribution in [2.24, 2.45) is 0 Å². The van der Waals surface area contributed by atoms with Crippen molar-refractivity contribution in [3.63, 3.8) is 0 Å². The summed E-state index contributed by atoms with van der Waals surface area (Å²) in [4.78, 5) is 13.1. The summed E-state index contributed by atoms with van der Waals surface area (Å²) in [6.07, 6.45) is 0.843. The van der Waals surface area contributed by atoms with Crippen LogP contribution in [0.2, 0.25) is 0 Å². The van der Waals surface area contributed by atoms with E-state index in [1.54, 1.807) is 18.4 Å². The number of ether oxygens (including phenoxy) is 1. The SMILES string of the molecule is COc1ccc(CNC(=O)NCCc2cc3ccccc3s2)cc1. The number of amides is 2. The lowest BCUT2D eigenvalue weighted by Crippen LogP contribution is -2.36. The molecule has 0 atom stereocenters. The molecule has 0 spiro atoms. The highest BCUT2D eigenvalue weighted by molar-refractivity contribution is 7.19. The summed E-state index contributed by atoms with van der Waals surface area (Å²) in [5.74, 6) is 0.812. The normalized spacial score (nSPS) is 10.5. The van der Waals surface area contributed by atoms with E-state index in [9.17, 15) is 4.79 Å². The van der Waals surface area contributed by atoms with E-state index < -0.39 is 0 Å². The molecule has 3 rings (SSSR count). The number of rotatable bonds is 6. The van der Waals surface area contributed by atoms with Gasteiger partial charge in [0.15, 0.2) is 0 Å². The Morgan fingerprint density at radius 1 is 1.08 bits per heavy atom. The second kappa shape index (κ2) is 7.84. The molecular formula is C19H20N2O2S. The molecule has 0 aliphatic heterocycles. The van der Waals surface area contributed by atoms with Crippen LogP contribution in [-0.4, -0.2) is 19.7 Å². The Morgan fingerprint density at radius 3 is 2.62 bits per heavy atom. The van der Waals surface area contributed by atoms with E-state index in [1.165, 1.54) is 15.0 Å². The van der Waals surface area contributed by atoms with Crippen molar-refractivity contribution in [2.45, 2.75) is 13.0 Å². The molecule has 1 aromatic heterocycles. The molecule has 24 heavy (non-hydrogen) atoms. The van der Waals surface area contributed by atoms with E-state index in [-0.39, 0.29) is 6.03 Å². The molecular weight excluding hydrogens is 320 g/mol. The maximum absolute atomic E-state index is 11.9. The summed E-state index contributed by atoms with van der Waals surface area (Å²) in [5, 5.41) is 7.03. The quantitative estimate of drug-likeness (QED) is 0.714. The molecule has 0 bridgehead atoms. The summed E-state index contributed by atoms with van der Waals surface area (Å²) >= 11 is 1.78. The van der Waals surface area contributed by atoms with Gasteiger partial charge in [0.25, 0.3) is 0 Å². The van der Waals surface area contributed by atoms with E-state index in [2.05, 4.69) is 28.8 Å². The lowest BCUT2D eigenvalue weighted by molar-refractivity contribution is 0.240. The first-order valence-electron chi connectivity index (χ1n) is 7.87. The van der Waals surface area contributed by atoms with Crippen LogP contribution in [0, 0.1) is 0 Å². The van der Waals surface area contributed by atoms with Gasteiger partial charge in [-0.1, -0.05) is 30.3 Å². The molecule has 2 aromatic carbocycles. The Hall–Kier alpha value is -2.53. The molecule has 2 amide bonds. The highest BCUT2D eigenvalue weighted by Crippen LogP contribution is 2.25. The summed E-state index contributed by atoms with van der Waals surface area (Å²) in [6.45, 7) is 1.12. The average molecular weight is 340 g/mol. The highest BCUT2D eigenvalue weighted by Gasteiger charge is 2.03. The number of benzene rings is 2. The van der Waals surface area contributed by atoms with Crippen molar-refractivity contribution in [2.75, 3.05) is 13.7 Å². The van der Waals surface area contributed by atoms with Gasteiger partial charge in [-0.05, 0) is 41.6 Å². The zero-order valence-corrected chi connectivity index (χ0v) is 14.4. The standard InChI is InChI=1S/C19H20N2O2S/c1-23-16-8-6-14(7-9-16)13-21-19(22)20-11-10-17-12-15-4-2-3-5-18(15)24-17/h2-9,12H,10-11,13H2,1H3,(H2,20,21,22). The van der Waals surface area contributed by atoms with E-state index in [0.29, 0.717) is 13.1 Å². The second-order valence-corrected chi connectivity index (χ2v) is 6.63. The van der Waals surface area contributed by atoms with Crippen LogP contribution in [0.1, 0.15) is 10.4 Å². The Balaban J connectivity index is 1.41. The maximum Gasteiger partial charge on any atom is 0.315 e. The molecule has 0 radical (unpaired) electrons. The van der Waals surface area contributed by atoms with Crippen LogP contribution in [0.4, 0.5) is 4.79 Å². The zero-order chi connectivity index (χ0) is 16.8. The second-order valence-electron chi connectivity index (χ2n) is 5.46. The minimum absolute atomic E-state index is 0.146. The molecule has 5 heteroatoms. The predicted molar refractivity (Wildman–Crippen MR) is 98.8 cm³/mol. The molecule has 0 unspecified atom stereocenters. The van der Waals surface area contributed by atoms with Crippen molar-refractivity contribution in [3.8, 4) is 5.75 Å². The number of hydrogen-bond donors (Lipinski definition) is 2. The van der Waals surface area contributed by atoms with Gasteiger partial charge in [0.1, 0.15) is 5.75 Å². The first-order chi connectivity index (χ1) is 11.7. The van der Waals surface area contributed by atoms with Crippen LogP contribution in [0.3, 0.4) is 0 Å². The van der Waals surface area contributed by atoms with Gasteiger partial charge in [-0.3, -0.25) is 0 Å². The van der Waals surface area contributed by atoms with E-state index in [1.807, 2.05) is 36.4 Å². The third-order valence-corrected chi connectivity index (χ3v) is 4.92. The first kappa shape index (κ1) is 16.3. The van der Waals surface area contributed by atoms with Gasteiger partial charge in [-0.2, -0.15) is 0 Å². The number of fused-ring (bicyclic) bond motifs is 1. The van der Waals surface area contributed by atoms with Crippen LogP contribution < -0.4 is 15.4 Å². The van der Waals surface area contributed by atoms with Crippen molar-refractivity contribution in [3.05, 3.63) is 65.0 Å². The highest BCUT2D eigenvalue weighted by atomic mass is 32.1. The van der Waals surface area contributed by atoms with Crippen LogP contribution in [0.5, 0.6) is 5.75 Å². The van der Waals surface area contributed by atoms with Gasteiger partial charge in [-0.25, -0.2) is 4.79 Å². The summed E-state index contributed by atoms with van der Waals surface area (Å²) in [6, 6.07) is 18.0. The van der Waals surface area contributed by atoms with Gasteiger partial charge in [0.05, 0.1) is 7.11 Å². The largest absolute Gasteiger partial charge is 0.497 e. The number of thiophene rings is 1. The number of urea groups is 1. The number of methoxy groups -OCH3 is 1. The Bertz CT molecular complexity index is 779. The Labute approximate surface area is 145 Å². The lowest BCUT2D eigenvalue weighted by atomic mass is 10.2.